The van der Waals surface area contributed by atoms with Gasteiger partial charge in [-0.3, -0.25) is 4.79 Å². The Balaban J connectivity index is 2.58. The zero-order chi connectivity index (χ0) is 15.4. The zero-order valence-electron chi connectivity index (χ0n) is 12.3. The number of hydrogen-bond donors (Lipinski definition) is 0. The van der Waals surface area contributed by atoms with Crippen molar-refractivity contribution in [2.45, 2.75) is 39.0 Å². The number of aryl methyl sites for hydroxylation is 1. The Morgan fingerprint density at radius 3 is 2.62 bits per heavy atom. The molecular weight excluding hydrogens is 336 g/mol. The van der Waals surface area contributed by atoms with Gasteiger partial charge in [0.05, 0.1) is 23.8 Å². The average molecular weight is 355 g/mol. The van der Waals surface area contributed by atoms with Crippen LogP contribution in [0.25, 0.3) is 0 Å². The number of fused-ring (bicyclic) bond motifs is 1. The van der Waals surface area contributed by atoms with Crippen molar-refractivity contribution in [2.24, 2.45) is 0 Å². The summed E-state index contributed by atoms with van der Waals surface area (Å²) in [6, 6.07) is 2.00. The van der Waals surface area contributed by atoms with Gasteiger partial charge in [-0.1, -0.05) is 6.42 Å². The normalized spacial score (nSPS) is 14.0. The molecule has 0 bridgehead atoms. The average Bonchev–Trinajstić information content (AvgIpc) is 2.70. The van der Waals surface area contributed by atoms with Crippen molar-refractivity contribution in [2.75, 3.05) is 13.7 Å². The fraction of sp³-hybridized carbons (Fsp3) is 0.500. The molecule has 0 amide bonds. The quantitative estimate of drug-likeness (QED) is 0.359. The van der Waals surface area contributed by atoms with E-state index in [1.54, 1.807) is 6.92 Å². The molecule has 0 aliphatic heterocycles. The Morgan fingerprint density at radius 1 is 1.24 bits per heavy atom. The number of methoxy groups -OCH3 is 1. The van der Waals surface area contributed by atoms with E-state index in [4.69, 9.17) is 9.47 Å². The number of carbonyl (C=O) groups is 2. The van der Waals surface area contributed by atoms with Gasteiger partial charge < -0.3 is 9.47 Å². The van der Waals surface area contributed by atoms with E-state index in [2.05, 4.69) is 15.9 Å². The monoisotopic (exact) mass is 354 g/mol. The van der Waals surface area contributed by atoms with Gasteiger partial charge in [0, 0.05) is 0 Å². The third-order valence-corrected chi connectivity index (χ3v) is 4.29. The molecule has 0 atom stereocenters. The van der Waals surface area contributed by atoms with Crippen molar-refractivity contribution in [3.8, 4) is 5.75 Å². The number of rotatable bonds is 4. The lowest BCUT2D eigenvalue weighted by atomic mass is 9.93. The number of halogens is 1. The summed E-state index contributed by atoms with van der Waals surface area (Å²) in [5, 5.41) is 0. The molecule has 4 nitrogen and oxygen atoms in total. The molecule has 1 aromatic carbocycles. The summed E-state index contributed by atoms with van der Waals surface area (Å²) < 4.78 is 10.9. The lowest BCUT2D eigenvalue weighted by Gasteiger charge is -2.17. The van der Waals surface area contributed by atoms with E-state index in [9.17, 15) is 9.59 Å². The van der Waals surface area contributed by atoms with E-state index in [0.717, 1.165) is 43.2 Å². The maximum absolute atomic E-state index is 12.5. The highest BCUT2D eigenvalue weighted by Crippen LogP contribution is 2.37. The Labute approximate surface area is 132 Å². The number of esters is 1. The molecule has 0 fully saturated rings. The van der Waals surface area contributed by atoms with Gasteiger partial charge in [0.25, 0.3) is 5.78 Å². The third kappa shape index (κ3) is 3.28. The first-order valence-electron chi connectivity index (χ1n) is 7.19. The Kier molecular flexibility index (Phi) is 5.39. The molecule has 0 saturated carbocycles. The molecular formula is C16H19BrO4. The topological polar surface area (TPSA) is 52.6 Å². The van der Waals surface area contributed by atoms with Crippen LogP contribution in [0.1, 0.15) is 47.7 Å². The van der Waals surface area contributed by atoms with Gasteiger partial charge in [-0.25, -0.2) is 4.79 Å². The van der Waals surface area contributed by atoms with Crippen molar-refractivity contribution in [1.82, 2.24) is 0 Å². The van der Waals surface area contributed by atoms with Crippen LogP contribution in [0, 0.1) is 0 Å². The van der Waals surface area contributed by atoms with E-state index < -0.39 is 11.8 Å². The minimum Gasteiger partial charge on any atom is -0.495 e. The highest BCUT2D eigenvalue weighted by molar-refractivity contribution is 9.10. The van der Waals surface area contributed by atoms with Crippen LogP contribution >= 0.6 is 15.9 Å². The predicted octanol–water partition coefficient (Wildman–Crippen LogP) is 3.47. The summed E-state index contributed by atoms with van der Waals surface area (Å²) in [7, 11) is 1.51. The SMILES string of the molecule is CCOC(=O)C(=O)c1c2c(cc(Br)c1OC)CCCCC2. The maximum atomic E-state index is 12.5. The predicted molar refractivity (Wildman–Crippen MR) is 82.9 cm³/mol. The summed E-state index contributed by atoms with van der Waals surface area (Å²) in [4.78, 5) is 24.3. The van der Waals surface area contributed by atoms with Crippen molar-refractivity contribution >= 4 is 27.7 Å². The second-order valence-electron chi connectivity index (χ2n) is 5.01. The molecule has 0 heterocycles. The molecule has 1 aliphatic carbocycles. The number of benzene rings is 1. The minimum atomic E-state index is -0.819. The largest absolute Gasteiger partial charge is 0.495 e. The first-order valence-corrected chi connectivity index (χ1v) is 7.99. The molecule has 0 unspecified atom stereocenters. The van der Waals surface area contributed by atoms with Crippen LogP contribution < -0.4 is 4.74 Å². The van der Waals surface area contributed by atoms with Crippen LogP contribution in [0.5, 0.6) is 5.75 Å². The molecule has 114 valence electrons. The van der Waals surface area contributed by atoms with Gasteiger partial charge in [-0.15, -0.1) is 0 Å². The van der Waals surface area contributed by atoms with Crippen LogP contribution in [0.2, 0.25) is 0 Å². The second kappa shape index (κ2) is 7.07. The third-order valence-electron chi connectivity index (χ3n) is 3.70. The fourth-order valence-electron chi connectivity index (χ4n) is 2.76. The van der Waals surface area contributed by atoms with Gasteiger partial charge in [0.1, 0.15) is 5.75 Å². The molecule has 1 aliphatic rings. The molecule has 0 radical (unpaired) electrons. The van der Waals surface area contributed by atoms with E-state index >= 15 is 0 Å². The van der Waals surface area contributed by atoms with E-state index in [-0.39, 0.29) is 6.61 Å². The summed E-state index contributed by atoms with van der Waals surface area (Å²) in [5.74, 6) is -1.01. The highest BCUT2D eigenvalue weighted by Gasteiger charge is 2.29. The van der Waals surface area contributed by atoms with Crippen molar-refractivity contribution < 1.29 is 19.1 Å². The standard InChI is InChI=1S/C16H19BrO4/c1-3-21-16(19)14(18)13-11-8-6-4-5-7-10(11)9-12(17)15(13)20-2/h9H,3-8H2,1-2H3. The number of Topliss-reactive ketones (excluding diaryl/α,β-unsaturated/α-hetero) is 1. The zero-order valence-corrected chi connectivity index (χ0v) is 13.9. The Morgan fingerprint density at radius 2 is 1.95 bits per heavy atom. The minimum absolute atomic E-state index is 0.184. The number of hydrogen-bond acceptors (Lipinski definition) is 4. The molecule has 1 aromatic rings. The summed E-state index contributed by atoms with van der Waals surface area (Å²) in [6.45, 7) is 1.87. The van der Waals surface area contributed by atoms with Crippen molar-refractivity contribution in [3.63, 3.8) is 0 Å². The molecule has 2 rings (SSSR count). The molecule has 0 saturated heterocycles. The Bertz CT molecular complexity index is 566. The molecule has 0 N–H and O–H groups in total. The van der Waals surface area contributed by atoms with Crippen LogP contribution in [0.15, 0.2) is 10.5 Å². The molecule has 21 heavy (non-hydrogen) atoms. The number of ketones is 1. The lowest BCUT2D eigenvalue weighted by molar-refractivity contribution is -0.137. The van der Waals surface area contributed by atoms with E-state index in [0.29, 0.717) is 15.8 Å². The van der Waals surface area contributed by atoms with Crippen LogP contribution in [-0.4, -0.2) is 25.5 Å². The van der Waals surface area contributed by atoms with E-state index in [1.165, 1.54) is 7.11 Å². The number of ether oxygens (including phenoxy) is 2. The van der Waals surface area contributed by atoms with Gasteiger partial charge >= 0.3 is 5.97 Å². The van der Waals surface area contributed by atoms with Gasteiger partial charge in [-0.05, 0) is 65.7 Å². The van der Waals surface area contributed by atoms with Gasteiger partial charge in [0.15, 0.2) is 0 Å². The van der Waals surface area contributed by atoms with Crippen molar-refractivity contribution in [1.29, 1.82) is 0 Å². The molecule has 0 spiro atoms. The fourth-order valence-corrected chi connectivity index (χ4v) is 3.40. The smallest absolute Gasteiger partial charge is 0.379 e. The van der Waals surface area contributed by atoms with Crippen molar-refractivity contribution in [3.05, 3.63) is 27.2 Å². The summed E-state index contributed by atoms with van der Waals surface area (Å²) in [5.41, 5.74) is 2.42. The highest BCUT2D eigenvalue weighted by atomic mass is 79.9. The second-order valence-corrected chi connectivity index (χ2v) is 5.87. The molecule has 0 aromatic heterocycles. The maximum Gasteiger partial charge on any atom is 0.379 e. The van der Waals surface area contributed by atoms with Crippen LogP contribution in [0.4, 0.5) is 0 Å². The number of carbonyl (C=O) groups excluding carboxylic acids is 2. The summed E-state index contributed by atoms with van der Waals surface area (Å²) in [6.07, 6.45) is 4.95. The van der Waals surface area contributed by atoms with Gasteiger partial charge in [-0.2, -0.15) is 0 Å². The van der Waals surface area contributed by atoms with Crippen LogP contribution in [-0.2, 0) is 22.4 Å². The first kappa shape index (κ1) is 16.0. The first-order chi connectivity index (χ1) is 10.1. The summed E-state index contributed by atoms with van der Waals surface area (Å²) >= 11 is 3.44. The van der Waals surface area contributed by atoms with E-state index in [1.807, 2.05) is 6.07 Å². The lowest BCUT2D eigenvalue weighted by Crippen LogP contribution is -2.21. The Hall–Kier alpha value is -1.36. The van der Waals surface area contributed by atoms with Gasteiger partial charge in [0.2, 0.25) is 0 Å². The molecule has 5 heteroatoms. The van der Waals surface area contributed by atoms with Crippen LogP contribution in [0.3, 0.4) is 0 Å².